The fourth-order valence-corrected chi connectivity index (χ4v) is 1.58. The van der Waals surface area contributed by atoms with Gasteiger partial charge in [-0.15, -0.1) is 0 Å². The van der Waals surface area contributed by atoms with Crippen molar-refractivity contribution in [1.82, 2.24) is 5.06 Å². The standard InChI is InChI=1S/C13H18FNO2/c1-10-5-7-11(8-6-10)9-13(2,14)12(16)15(3)17-4/h5-8H,9H2,1-4H3. The third kappa shape index (κ3) is 3.53. The summed E-state index contributed by atoms with van der Waals surface area (Å²) >= 11 is 0. The van der Waals surface area contributed by atoms with Crippen LogP contribution >= 0.6 is 0 Å². The van der Waals surface area contributed by atoms with Crippen LogP contribution in [0.15, 0.2) is 24.3 Å². The molecule has 1 rings (SSSR count). The fraction of sp³-hybridized carbons (Fsp3) is 0.462. The zero-order valence-electron chi connectivity index (χ0n) is 10.7. The molecular formula is C13H18FNO2. The van der Waals surface area contributed by atoms with Crippen molar-refractivity contribution in [3.8, 4) is 0 Å². The third-order valence-corrected chi connectivity index (χ3v) is 2.66. The van der Waals surface area contributed by atoms with E-state index in [9.17, 15) is 9.18 Å². The lowest BCUT2D eigenvalue weighted by Crippen LogP contribution is -2.43. The molecular weight excluding hydrogens is 221 g/mol. The van der Waals surface area contributed by atoms with Gasteiger partial charge in [0.25, 0.3) is 5.91 Å². The number of carbonyl (C=O) groups is 1. The molecule has 17 heavy (non-hydrogen) atoms. The molecule has 0 N–H and O–H groups in total. The summed E-state index contributed by atoms with van der Waals surface area (Å²) in [4.78, 5) is 16.4. The van der Waals surface area contributed by atoms with Crippen LogP contribution in [0.1, 0.15) is 18.1 Å². The minimum Gasteiger partial charge on any atom is -0.274 e. The molecule has 0 aromatic heterocycles. The molecule has 0 bridgehead atoms. The van der Waals surface area contributed by atoms with Crippen LogP contribution in [-0.4, -0.2) is 30.8 Å². The second-order valence-electron chi connectivity index (χ2n) is 4.35. The number of amides is 1. The average molecular weight is 239 g/mol. The Morgan fingerprint density at radius 2 is 1.94 bits per heavy atom. The van der Waals surface area contributed by atoms with E-state index < -0.39 is 11.6 Å². The molecule has 4 heteroatoms. The van der Waals surface area contributed by atoms with E-state index in [4.69, 9.17) is 4.84 Å². The van der Waals surface area contributed by atoms with Crippen molar-refractivity contribution in [2.45, 2.75) is 25.9 Å². The maximum absolute atomic E-state index is 14.2. The Hall–Kier alpha value is -1.42. The summed E-state index contributed by atoms with van der Waals surface area (Å²) < 4.78 is 14.2. The van der Waals surface area contributed by atoms with Gasteiger partial charge in [-0.1, -0.05) is 29.8 Å². The number of aryl methyl sites for hydroxylation is 1. The van der Waals surface area contributed by atoms with Gasteiger partial charge in [-0.2, -0.15) is 0 Å². The van der Waals surface area contributed by atoms with Crippen molar-refractivity contribution in [2.24, 2.45) is 0 Å². The van der Waals surface area contributed by atoms with Gasteiger partial charge in [-0.3, -0.25) is 9.63 Å². The molecule has 0 radical (unpaired) electrons. The van der Waals surface area contributed by atoms with Gasteiger partial charge in [0, 0.05) is 13.5 Å². The van der Waals surface area contributed by atoms with Crippen LogP contribution in [-0.2, 0) is 16.1 Å². The van der Waals surface area contributed by atoms with Crippen molar-refractivity contribution in [3.05, 3.63) is 35.4 Å². The fourth-order valence-electron chi connectivity index (χ4n) is 1.58. The first kappa shape index (κ1) is 13.6. The van der Waals surface area contributed by atoms with Crippen LogP contribution < -0.4 is 0 Å². The molecule has 0 fully saturated rings. The van der Waals surface area contributed by atoms with Gasteiger partial charge >= 0.3 is 0 Å². The molecule has 0 aliphatic rings. The van der Waals surface area contributed by atoms with Gasteiger partial charge in [-0.25, -0.2) is 9.45 Å². The molecule has 0 saturated heterocycles. The second kappa shape index (κ2) is 5.27. The Bertz CT molecular complexity index is 387. The summed E-state index contributed by atoms with van der Waals surface area (Å²) in [6, 6.07) is 7.45. The monoisotopic (exact) mass is 239 g/mol. The molecule has 1 aromatic carbocycles. The van der Waals surface area contributed by atoms with E-state index in [1.54, 1.807) is 0 Å². The highest BCUT2D eigenvalue weighted by Crippen LogP contribution is 2.20. The van der Waals surface area contributed by atoms with Crippen LogP contribution in [0.2, 0.25) is 0 Å². The molecule has 1 atom stereocenters. The summed E-state index contributed by atoms with van der Waals surface area (Å²) in [5, 5.41) is 0.911. The van der Waals surface area contributed by atoms with Gasteiger partial charge < -0.3 is 0 Å². The normalized spacial score (nSPS) is 14.2. The maximum atomic E-state index is 14.2. The van der Waals surface area contributed by atoms with E-state index in [-0.39, 0.29) is 6.42 Å². The van der Waals surface area contributed by atoms with Crippen LogP contribution in [0.5, 0.6) is 0 Å². The number of nitrogens with zero attached hydrogens (tertiary/aromatic N) is 1. The number of carbonyl (C=O) groups excluding carboxylic acids is 1. The number of rotatable bonds is 4. The zero-order valence-corrected chi connectivity index (χ0v) is 10.7. The molecule has 0 spiro atoms. The van der Waals surface area contributed by atoms with Crippen molar-refractivity contribution in [2.75, 3.05) is 14.2 Å². The van der Waals surface area contributed by atoms with E-state index in [1.165, 1.54) is 21.1 Å². The quantitative estimate of drug-likeness (QED) is 0.754. The highest BCUT2D eigenvalue weighted by Gasteiger charge is 2.36. The van der Waals surface area contributed by atoms with Crippen molar-refractivity contribution >= 4 is 5.91 Å². The molecule has 3 nitrogen and oxygen atoms in total. The van der Waals surface area contributed by atoms with Gasteiger partial charge in [0.1, 0.15) is 0 Å². The van der Waals surface area contributed by atoms with Gasteiger partial charge in [0.05, 0.1) is 7.11 Å². The lowest BCUT2D eigenvalue weighted by Gasteiger charge is -2.24. The molecule has 1 amide bonds. The SMILES string of the molecule is CON(C)C(=O)C(C)(F)Cc1ccc(C)cc1. The molecule has 0 aliphatic heterocycles. The highest BCUT2D eigenvalue weighted by molar-refractivity contribution is 5.83. The summed E-state index contributed by atoms with van der Waals surface area (Å²) in [7, 11) is 2.73. The van der Waals surface area contributed by atoms with Crippen molar-refractivity contribution in [3.63, 3.8) is 0 Å². The van der Waals surface area contributed by atoms with E-state index in [0.717, 1.165) is 16.2 Å². The third-order valence-electron chi connectivity index (χ3n) is 2.66. The Labute approximate surface area is 101 Å². The van der Waals surface area contributed by atoms with Crippen molar-refractivity contribution < 1.29 is 14.0 Å². The molecule has 1 aromatic rings. The number of halogens is 1. The van der Waals surface area contributed by atoms with Gasteiger partial charge in [0.2, 0.25) is 0 Å². The van der Waals surface area contributed by atoms with E-state index in [2.05, 4.69) is 0 Å². The van der Waals surface area contributed by atoms with Crippen LogP contribution in [0, 0.1) is 6.92 Å². The van der Waals surface area contributed by atoms with E-state index >= 15 is 0 Å². The van der Waals surface area contributed by atoms with Crippen LogP contribution in [0.4, 0.5) is 4.39 Å². The lowest BCUT2D eigenvalue weighted by molar-refractivity contribution is -0.180. The predicted molar refractivity (Wildman–Crippen MR) is 64.2 cm³/mol. The largest absolute Gasteiger partial charge is 0.283 e. The minimum atomic E-state index is -1.96. The topological polar surface area (TPSA) is 29.5 Å². The smallest absolute Gasteiger partial charge is 0.274 e. The number of hydroxylamine groups is 2. The predicted octanol–water partition coefficient (Wildman–Crippen LogP) is 2.29. The molecule has 0 aliphatic carbocycles. The number of hydrogen-bond donors (Lipinski definition) is 0. The average Bonchev–Trinajstić information content (AvgIpc) is 2.30. The first-order valence-corrected chi connectivity index (χ1v) is 5.43. The van der Waals surface area contributed by atoms with E-state index in [1.807, 2.05) is 31.2 Å². The first-order chi connectivity index (χ1) is 7.86. The Morgan fingerprint density at radius 1 is 1.41 bits per heavy atom. The van der Waals surface area contributed by atoms with E-state index in [0.29, 0.717) is 0 Å². The number of hydrogen-bond acceptors (Lipinski definition) is 2. The Kier molecular flexibility index (Phi) is 4.23. The van der Waals surface area contributed by atoms with Crippen molar-refractivity contribution in [1.29, 1.82) is 0 Å². The summed E-state index contributed by atoms with van der Waals surface area (Å²) in [5.74, 6) is -0.680. The summed E-state index contributed by atoms with van der Waals surface area (Å²) in [5.41, 5.74) is -0.0619. The molecule has 1 unspecified atom stereocenters. The van der Waals surface area contributed by atoms with Crippen LogP contribution in [0.3, 0.4) is 0 Å². The number of benzene rings is 1. The minimum absolute atomic E-state index is 0.0415. The summed E-state index contributed by atoms with van der Waals surface area (Å²) in [6.07, 6.45) is 0.0415. The molecule has 0 saturated carbocycles. The van der Waals surface area contributed by atoms with Gasteiger partial charge in [-0.05, 0) is 19.4 Å². The first-order valence-electron chi connectivity index (χ1n) is 5.43. The Balaban J connectivity index is 2.78. The molecule has 0 heterocycles. The zero-order chi connectivity index (χ0) is 13.1. The van der Waals surface area contributed by atoms with Crippen LogP contribution in [0.25, 0.3) is 0 Å². The highest BCUT2D eigenvalue weighted by atomic mass is 19.1. The van der Waals surface area contributed by atoms with Gasteiger partial charge in [0.15, 0.2) is 5.67 Å². The lowest BCUT2D eigenvalue weighted by atomic mass is 9.97. The Morgan fingerprint density at radius 3 is 2.41 bits per heavy atom. The maximum Gasteiger partial charge on any atom is 0.283 e. The second-order valence-corrected chi connectivity index (χ2v) is 4.35. The number of alkyl halides is 1. The molecule has 94 valence electrons. The summed E-state index contributed by atoms with van der Waals surface area (Å²) in [6.45, 7) is 3.23.